The van der Waals surface area contributed by atoms with E-state index < -0.39 is 6.04 Å². The van der Waals surface area contributed by atoms with Crippen molar-refractivity contribution in [2.24, 2.45) is 5.73 Å². The summed E-state index contributed by atoms with van der Waals surface area (Å²) in [6, 6.07) is 11.0. The Kier molecular flexibility index (Phi) is 5.38. The van der Waals surface area contributed by atoms with E-state index in [2.05, 4.69) is 25.5 Å². The smallest absolute Gasteiger partial charge is 0.241 e. The van der Waals surface area contributed by atoms with Crippen LogP contribution in [-0.4, -0.2) is 32.6 Å². The molecule has 3 rings (SSSR count). The maximum Gasteiger partial charge on any atom is 0.241 e. The molecule has 0 bridgehead atoms. The van der Waals surface area contributed by atoms with Crippen molar-refractivity contribution >= 4 is 5.91 Å². The van der Waals surface area contributed by atoms with Crippen molar-refractivity contribution in [2.45, 2.75) is 26.3 Å². The van der Waals surface area contributed by atoms with E-state index in [0.717, 1.165) is 28.2 Å². The summed E-state index contributed by atoms with van der Waals surface area (Å²) in [6.45, 7) is 4.10. The zero-order chi connectivity index (χ0) is 18.5. The number of H-pyrrole nitrogens is 1. The SMILES string of the molecule is Cc1n[nH]c(C)c1[C@@H](N)C(=O)NCCc1nccc(-c2ccccc2)n1. The zero-order valence-electron chi connectivity index (χ0n) is 14.9. The van der Waals surface area contributed by atoms with Gasteiger partial charge < -0.3 is 11.1 Å². The number of amides is 1. The number of carbonyl (C=O) groups excluding carboxylic acids is 1. The fourth-order valence-electron chi connectivity index (χ4n) is 2.85. The number of rotatable bonds is 6. The van der Waals surface area contributed by atoms with Gasteiger partial charge in [0.25, 0.3) is 0 Å². The van der Waals surface area contributed by atoms with E-state index in [-0.39, 0.29) is 5.91 Å². The van der Waals surface area contributed by atoms with Gasteiger partial charge in [0.05, 0.1) is 11.4 Å². The second-order valence-electron chi connectivity index (χ2n) is 6.09. The highest BCUT2D eigenvalue weighted by atomic mass is 16.2. The highest BCUT2D eigenvalue weighted by Crippen LogP contribution is 2.18. The lowest BCUT2D eigenvalue weighted by atomic mass is 10.1. The Morgan fingerprint density at radius 2 is 2.00 bits per heavy atom. The van der Waals surface area contributed by atoms with E-state index >= 15 is 0 Å². The third-order valence-corrected chi connectivity index (χ3v) is 4.20. The van der Waals surface area contributed by atoms with Gasteiger partial charge in [0.15, 0.2) is 0 Å². The van der Waals surface area contributed by atoms with Gasteiger partial charge in [0.1, 0.15) is 11.9 Å². The van der Waals surface area contributed by atoms with Crippen molar-refractivity contribution in [3.05, 3.63) is 65.4 Å². The van der Waals surface area contributed by atoms with Crippen LogP contribution >= 0.6 is 0 Å². The summed E-state index contributed by atoms with van der Waals surface area (Å²) in [7, 11) is 0. The standard InChI is InChI=1S/C19H22N6O/c1-12-17(13(2)25-24-12)18(20)19(26)22-11-9-16-21-10-8-15(23-16)14-6-4-3-5-7-14/h3-8,10,18H,9,11,20H2,1-2H3,(H,22,26)(H,24,25)/t18-/m1/s1. The van der Waals surface area contributed by atoms with Gasteiger partial charge in [-0.05, 0) is 19.9 Å². The molecule has 0 saturated carbocycles. The van der Waals surface area contributed by atoms with Crippen molar-refractivity contribution in [3.8, 4) is 11.3 Å². The molecule has 7 nitrogen and oxygen atoms in total. The minimum absolute atomic E-state index is 0.239. The molecule has 0 saturated heterocycles. The van der Waals surface area contributed by atoms with Gasteiger partial charge in [0, 0.05) is 36.0 Å². The average Bonchev–Trinajstić information content (AvgIpc) is 3.00. The number of aromatic amines is 1. The van der Waals surface area contributed by atoms with Gasteiger partial charge in [-0.15, -0.1) is 0 Å². The van der Waals surface area contributed by atoms with Crippen LogP contribution in [-0.2, 0) is 11.2 Å². The number of nitrogens with two attached hydrogens (primary N) is 1. The van der Waals surface area contributed by atoms with E-state index in [4.69, 9.17) is 5.73 Å². The highest BCUT2D eigenvalue weighted by Gasteiger charge is 2.21. The van der Waals surface area contributed by atoms with Crippen LogP contribution in [0.5, 0.6) is 0 Å². The maximum absolute atomic E-state index is 12.3. The number of nitrogens with one attached hydrogen (secondary N) is 2. The lowest BCUT2D eigenvalue weighted by Crippen LogP contribution is -2.36. The first-order valence-corrected chi connectivity index (χ1v) is 8.48. The molecule has 1 amide bonds. The molecule has 0 fully saturated rings. The number of benzene rings is 1. The molecule has 1 atom stereocenters. The van der Waals surface area contributed by atoms with E-state index in [0.29, 0.717) is 18.8 Å². The van der Waals surface area contributed by atoms with E-state index in [9.17, 15) is 4.79 Å². The third-order valence-electron chi connectivity index (χ3n) is 4.20. The van der Waals surface area contributed by atoms with Crippen LogP contribution in [0.25, 0.3) is 11.3 Å². The summed E-state index contributed by atoms with van der Waals surface area (Å²) >= 11 is 0. The van der Waals surface area contributed by atoms with Gasteiger partial charge >= 0.3 is 0 Å². The normalized spacial score (nSPS) is 12.0. The molecule has 2 aromatic heterocycles. The monoisotopic (exact) mass is 350 g/mol. The van der Waals surface area contributed by atoms with Crippen LogP contribution in [0.4, 0.5) is 0 Å². The third kappa shape index (κ3) is 3.94. The van der Waals surface area contributed by atoms with Gasteiger partial charge in [-0.1, -0.05) is 30.3 Å². The average molecular weight is 350 g/mol. The van der Waals surface area contributed by atoms with Crippen molar-refractivity contribution < 1.29 is 4.79 Å². The van der Waals surface area contributed by atoms with Crippen LogP contribution in [0.2, 0.25) is 0 Å². The van der Waals surface area contributed by atoms with Crippen LogP contribution in [0.3, 0.4) is 0 Å². The molecule has 2 heterocycles. The van der Waals surface area contributed by atoms with Gasteiger partial charge in [-0.25, -0.2) is 9.97 Å². The van der Waals surface area contributed by atoms with Crippen molar-refractivity contribution in [1.29, 1.82) is 0 Å². The van der Waals surface area contributed by atoms with Crippen LogP contribution in [0.1, 0.15) is 28.8 Å². The second-order valence-corrected chi connectivity index (χ2v) is 6.09. The van der Waals surface area contributed by atoms with Crippen molar-refractivity contribution in [3.63, 3.8) is 0 Å². The van der Waals surface area contributed by atoms with E-state index in [1.54, 1.807) is 6.20 Å². The molecule has 0 aliphatic carbocycles. The number of aryl methyl sites for hydroxylation is 2. The number of nitrogens with zero attached hydrogens (tertiary/aromatic N) is 3. The van der Waals surface area contributed by atoms with E-state index in [1.165, 1.54) is 0 Å². The van der Waals surface area contributed by atoms with Crippen LogP contribution < -0.4 is 11.1 Å². The van der Waals surface area contributed by atoms with E-state index in [1.807, 2.05) is 50.2 Å². The van der Waals surface area contributed by atoms with Crippen molar-refractivity contribution in [1.82, 2.24) is 25.5 Å². The first kappa shape index (κ1) is 17.8. The predicted molar refractivity (Wildman–Crippen MR) is 99.2 cm³/mol. The van der Waals surface area contributed by atoms with Gasteiger partial charge in [-0.3, -0.25) is 9.89 Å². The Balaban J connectivity index is 1.59. The topological polar surface area (TPSA) is 110 Å². The Morgan fingerprint density at radius 1 is 1.23 bits per heavy atom. The summed E-state index contributed by atoms with van der Waals surface area (Å²) < 4.78 is 0. The zero-order valence-corrected chi connectivity index (χ0v) is 14.9. The molecule has 26 heavy (non-hydrogen) atoms. The molecule has 0 aliphatic rings. The molecular weight excluding hydrogens is 328 g/mol. The lowest BCUT2D eigenvalue weighted by Gasteiger charge is -2.12. The first-order chi connectivity index (χ1) is 12.6. The highest BCUT2D eigenvalue weighted by molar-refractivity contribution is 5.83. The Bertz CT molecular complexity index is 871. The van der Waals surface area contributed by atoms with Gasteiger partial charge in [-0.2, -0.15) is 5.10 Å². The molecule has 3 aromatic rings. The number of hydrogen-bond donors (Lipinski definition) is 3. The summed E-state index contributed by atoms with van der Waals surface area (Å²) in [5, 5.41) is 9.77. The number of hydrogen-bond acceptors (Lipinski definition) is 5. The number of aromatic nitrogens is 4. The quantitative estimate of drug-likeness (QED) is 0.628. The molecule has 0 unspecified atom stereocenters. The molecule has 0 spiro atoms. The minimum Gasteiger partial charge on any atom is -0.354 e. The Hall–Kier alpha value is -3.06. The summed E-state index contributed by atoms with van der Waals surface area (Å²) in [5.74, 6) is 0.438. The lowest BCUT2D eigenvalue weighted by molar-refractivity contribution is -0.122. The fraction of sp³-hybridized carbons (Fsp3) is 0.263. The fourth-order valence-corrected chi connectivity index (χ4v) is 2.85. The van der Waals surface area contributed by atoms with Crippen molar-refractivity contribution in [2.75, 3.05) is 6.54 Å². The predicted octanol–water partition coefficient (Wildman–Crippen LogP) is 1.84. The molecular formula is C19H22N6O. The first-order valence-electron chi connectivity index (χ1n) is 8.48. The molecule has 7 heteroatoms. The minimum atomic E-state index is -0.745. The molecule has 0 radical (unpaired) electrons. The summed E-state index contributed by atoms with van der Waals surface area (Å²) in [5.41, 5.74) is 10.3. The Morgan fingerprint density at radius 3 is 2.69 bits per heavy atom. The van der Waals surface area contributed by atoms with Crippen LogP contribution in [0.15, 0.2) is 42.6 Å². The van der Waals surface area contributed by atoms with Gasteiger partial charge in [0.2, 0.25) is 5.91 Å². The largest absolute Gasteiger partial charge is 0.354 e. The summed E-state index contributed by atoms with van der Waals surface area (Å²) in [4.78, 5) is 21.1. The molecule has 1 aromatic carbocycles. The molecule has 4 N–H and O–H groups in total. The van der Waals surface area contributed by atoms with Crippen LogP contribution in [0, 0.1) is 13.8 Å². The molecule has 0 aliphatic heterocycles. The molecule has 134 valence electrons. The number of carbonyl (C=O) groups is 1. The maximum atomic E-state index is 12.3. The second kappa shape index (κ2) is 7.88. The summed E-state index contributed by atoms with van der Waals surface area (Å²) in [6.07, 6.45) is 2.26. The Labute approximate surface area is 152 Å².